The number of nitrogens with zero attached hydrogens (tertiary/aromatic N) is 1. The molecule has 0 aromatic heterocycles. The average molecular weight is 535 g/mol. The molecule has 3 unspecified atom stereocenters. The van der Waals surface area contributed by atoms with Crippen molar-refractivity contribution in [2.45, 2.75) is 70.0 Å². The molecule has 5 nitrogen and oxygen atoms in total. The lowest BCUT2D eigenvalue weighted by Crippen LogP contribution is -2.51. The van der Waals surface area contributed by atoms with Crippen molar-refractivity contribution >= 4 is 35.4 Å². The standard InChI is InChI=1S/C27H36F2N4OS2/c1-4-17(3)31-16-32-27(35)33-24(11-19-8-21(28)12-22(29)9-19)26(34)13-30-25-15-36-14-20-7-6-18(5-2)10-23(20)25/h6-10,12,16-17,24-26,30,34H,4-5,11,13-15H2,1-3H3,(H2,31,32,33,35)/t17-,24?,25?,26?/m0/s1. The number of hydrogen-bond donors (Lipinski definition) is 4. The van der Waals surface area contributed by atoms with Gasteiger partial charge in [-0.1, -0.05) is 32.0 Å². The van der Waals surface area contributed by atoms with Gasteiger partial charge in [0.15, 0.2) is 5.11 Å². The smallest absolute Gasteiger partial charge is 0.171 e. The maximum absolute atomic E-state index is 13.8. The number of halogens is 2. The number of aliphatic hydroxyl groups excluding tert-OH is 1. The number of benzene rings is 2. The molecule has 0 bridgehead atoms. The summed E-state index contributed by atoms with van der Waals surface area (Å²) in [5.41, 5.74) is 4.31. The van der Waals surface area contributed by atoms with Crippen LogP contribution in [0.4, 0.5) is 8.78 Å². The fourth-order valence-electron chi connectivity index (χ4n) is 4.08. The second-order valence-electron chi connectivity index (χ2n) is 9.17. The normalized spacial score (nSPS) is 17.9. The second-order valence-corrected chi connectivity index (χ2v) is 10.6. The quantitative estimate of drug-likeness (QED) is 0.191. The SMILES string of the molecule is CCc1ccc2c(c1)C(NCC(O)C(Cc1cc(F)cc(F)c1)NC(=S)NC=N[C@@H](C)CC)CSC2. The van der Waals surface area contributed by atoms with Crippen molar-refractivity contribution < 1.29 is 13.9 Å². The molecule has 0 spiro atoms. The Labute approximate surface area is 222 Å². The summed E-state index contributed by atoms with van der Waals surface area (Å²) in [4.78, 5) is 4.33. The van der Waals surface area contributed by atoms with Gasteiger partial charge in [0.1, 0.15) is 11.6 Å². The fraction of sp³-hybridized carbons (Fsp3) is 0.481. The van der Waals surface area contributed by atoms with Crippen molar-refractivity contribution in [3.05, 3.63) is 70.3 Å². The fourth-order valence-corrected chi connectivity index (χ4v) is 5.41. The van der Waals surface area contributed by atoms with Crippen molar-refractivity contribution in [1.29, 1.82) is 0 Å². The summed E-state index contributed by atoms with van der Waals surface area (Å²) in [5.74, 6) is 0.584. The summed E-state index contributed by atoms with van der Waals surface area (Å²) in [7, 11) is 0. The summed E-state index contributed by atoms with van der Waals surface area (Å²) >= 11 is 7.26. The zero-order valence-electron chi connectivity index (χ0n) is 21.1. The number of fused-ring (bicyclic) bond motifs is 1. The van der Waals surface area contributed by atoms with Gasteiger partial charge in [0.25, 0.3) is 0 Å². The third-order valence-corrected chi connectivity index (χ3v) is 7.70. The van der Waals surface area contributed by atoms with Gasteiger partial charge < -0.3 is 21.1 Å². The van der Waals surface area contributed by atoms with Crippen LogP contribution in [0.3, 0.4) is 0 Å². The number of aryl methyl sites for hydroxylation is 1. The maximum atomic E-state index is 13.8. The lowest BCUT2D eigenvalue weighted by Gasteiger charge is -2.30. The first-order chi connectivity index (χ1) is 17.3. The first kappa shape index (κ1) is 28.5. The number of aliphatic hydroxyl groups is 1. The minimum atomic E-state index is -0.868. The third kappa shape index (κ3) is 8.50. The predicted octanol–water partition coefficient (Wildman–Crippen LogP) is 4.67. The highest BCUT2D eigenvalue weighted by Gasteiger charge is 2.25. The van der Waals surface area contributed by atoms with E-state index in [0.717, 1.165) is 30.4 Å². The Morgan fingerprint density at radius 3 is 2.64 bits per heavy atom. The van der Waals surface area contributed by atoms with Crippen molar-refractivity contribution in [2.75, 3.05) is 12.3 Å². The molecular formula is C27H36F2N4OS2. The lowest BCUT2D eigenvalue weighted by molar-refractivity contribution is 0.130. The van der Waals surface area contributed by atoms with E-state index in [0.29, 0.717) is 12.1 Å². The summed E-state index contributed by atoms with van der Waals surface area (Å²) in [6.45, 7) is 6.47. The molecule has 4 N–H and O–H groups in total. The van der Waals surface area contributed by atoms with Gasteiger partial charge in [-0.15, -0.1) is 0 Å². The zero-order valence-corrected chi connectivity index (χ0v) is 22.7. The molecule has 0 radical (unpaired) electrons. The monoisotopic (exact) mass is 534 g/mol. The number of aliphatic imine (C=N–C) groups is 1. The highest BCUT2D eigenvalue weighted by Crippen LogP contribution is 2.32. The first-order valence-electron chi connectivity index (χ1n) is 12.4. The molecule has 1 aliphatic rings. The average Bonchev–Trinajstić information content (AvgIpc) is 2.85. The van der Waals surface area contributed by atoms with E-state index in [-0.39, 0.29) is 23.6 Å². The number of rotatable bonds is 11. The molecule has 9 heteroatoms. The maximum Gasteiger partial charge on any atom is 0.171 e. The lowest BCUT2D eigenvalue weighted by atomic mass is 9.97. The van der Waals surface area contributed by atoms with Crippen molar-refractivity contribution in [3.8, 4) is 0 Å². The van der Waals surface area contributed by atoms with Crippen molar-refractivity contribution in [1.82, 2.24) is 16.0 Å². The van der Waals surface area contributed by atoms with Gasteiger partial charge in [0.2, 0.25) is 0 Å². The highest BCUT2D eigenvalue weighted by atomic mass is 32.2. The largest absolute Gasteiger partial charge is 0.390 e. The van der Waals surface area contributed by atoms with Crippen LogP contribution in [-0.4, -0.2) is 47.0 Å². The summed E-state index contributed by atoms with van der Waals surface area (Å²) in [6, 6.07) is 9.70. The number of thiocarbonyl (C=S) groups is 1. The van der Waals surface area contributed by atoms with E-state index < -0.39 is 23.8 Å². The van der Waals surface area contributed by atoms with Crippen LogP contribution in [0, 0.1) is 11.6 Å². The summed E-state index contributed by atoms with van der Waals surface area (Å²) < 4.78 is 27.6. The van der Waals surface area contributed by atoms with E-state index in [1.807, 2.05) is 25.6 Å². The van der Waals surface area contributed by atoms with Crippen LogP contribution in [0.2, 0.25) is 0 Å². The Morgan fingerprint density at radius 2 is 1.94 bits per heavy atom. The van der Waals surface area contributed by atoms with E-state index in [9.17, 15) is 13.9 Å². The number of nitrogens with one attached hydrogen (secondary N) is 3. The molecule has 0 amide bonds. The first-order valence-corrected chi connectivity index (χ1v) is 14.0. The van der Waals surface area contributed by atoms with Gasteiger partial charge in [-0.25, -0.2) is 8.78 Å². The van der Waals surface area contributed by atoms with E-state index in [1.54, 1.807) is 0 Å². The van der Waals surface area contributed by atoms with Gasteiger partial charge in [-0.2, -0.15) is 11.8 Å². The Hall–Kier alpha value is -2.07. The van der Waals surface area contributed by atoms with Crippen LogP contribution in [0.5, 0.6) is 0 Å². The van der Waals surface area contributed by atoms with Crippen LogP contribution < -0.4 is 16.0 Å². The summed E-state index contributed by atoms with van der Waals surface area (Å²) in [5, 5.41) is 21.0. The predicted molar refractivity (Wildman–Crippen MR) is 150 cm³/mol. The Kier molecular flexibility index (Phi) is 11.1. The number of thioether (sulfide) groups is 1. The Bertz CT molecular complexity index is 1030. The Morgan fingerprint density at radius 1 is 1.19 bits per heavy atom. The molecule has 1 aliphatic heterocycles. The molecule has 4 atom stereocenters. The molecule has 0 saturated heterocycles. The van der Waals surface area contributed by atoms with Crippen LogP contribution in [-0.2, 0) is 18.6 Å². The molecule has 0 fully saturated rings. The van der Waals surface area contributed by atoms with E-state index in [2.05, 4.69) is 46.1 Å². The molecule has 0 saturated carbocycles. The van der Waals surface area contributed by atoms with E-state index in [1.165, 1.54) is 35.2 Å². The second kappa shape index (κ2) is 14.0. The number of hydrogen-bond acceptors (Lipinski definition) is 5. The molecule has 2 aromatic carbocycles. The molecule has 0 aliphatic carbocycles. The van der Waals surface area contributed by atoms with Gasteiger partial charge in [-0.05, 0) is 72.8 Å². The van der Waals surface area contributed by atoms with Gasteiger partial charge >= 0.3 is 0 Å². The van der Waals surface area contributed by atoms with Crippen LogP contribution in [0.15, 0.2) is 41.4 Å². The molecule has 196 valence electrons. The van der Waals surface area contributed by atoms with Crippen LogP contribution >= 0.6 is 24.0 Å². The van der Waals surface area contributed by atoms with Gasteiger partial charge in [0.05, 0.1) is 18.5 Å². The van der Waals surface area contributed by atoms with Crippen LogP contribution in [0.1, 0.15) is 55.5 Å². The summed E-state index contributed by atoms with van der Waals surface area (Å²) in [6.07, 6.45) is 2.73. The van der Waals surface area contributed by atoms with Crippen molar-refractivity contribution in [2.24, 2.45) is 4.99 Å². The topological polar surface area (TPSA) is 68.7 Å². The van der Waals surface area contributed by atoms with Gasteiger partial charge in [0, 0.05) is 36.2 Å². The molecular weight excluding hydrogens is 498 g/mol. The van der Waals surface area contributed by atoms with Crippen molar-refractivity contribution in [3.63, 3.8) is 0 Å². The molecule has 36 heavy (non-hydrogen) atoms. The highest BCUT2D eigenvalue weighted by molar-refractivity contribution is 7.98. The Balaban J connectivity index is 1.70. The van der Waals surface area contributed by atoms with Crippen LogP contribution in [0.25, 0.3) is 0 Å². The minimum absolute atomic E-state index is 0.111. The van der Waals surface area contributed by atoms with E-state index in [4.69, 9.17) is 12.2 Å². The van der Waals surface area contributed by atoms with Gasteiger partial charge in [-0.3, -0.25) is 4.99 Å². The van der Waals surface area contributed by atoms with E-state index >= 15 is 0 Å². The minimum Gasteiger partial charge on any atom is -0.390 e. The molecule has 1 heterocycles. The molecule has 2 aromatic rings. The third-order valence-electron chi connectivity index (χ3n) is 6.38. The molecule has 3 rings (SSSR count). The zero-order chi connectivity index (χ0) is 26.1.